The summed E-state index contributed by atoms with van der Waals surface area (Å²) in [7, 11) is 0. The van der Waals surface area contributed by atoms with Gasteiger partial charge in [0.15, 0.2) is 0 Å². The number of likely N-dealkylation sites (tertiary alicyclic amines) is 1. The molecule has 1 unspecified atom stereocenters. The summed E-state index contributed by atoms with van der Waals surface area (Å²) in [5.74, 6) is -2.65. The monoisotopic (exact) mass is 541 g/mol. The van der Waals surface area contributed by atoms with Gasteiger partial charge in [-0.3, -0.25) is 14.4 Å². The summed E-state index contributed by atoms with van der Waals surface area (Å²) in [5, 5.41) is 10.6. The molecule has 6 atom stereocenters. The lowest BCUT2D eigenvalue weighted by molar-refractivity contribution is -0.155. The molecule has 0 aliphatic carbocycles. The van der Waals surface area contributed by atoms with Crippen LogP contribution in [0, 0.1) is 11.8 Å². The summed E-state index contributed by atoms with van der Waals surface area (Å²) < 4.78 is 6.90. The molecular formula is C32H35N3O5. The van der Waals surface area contributed by atoms with Gasteiger partial charge in [-0.2, -0.15) is 0 Å². The van der Waals surface area contributed by atoms with Crippen molar-refractivity contribution >= 4 is 23.4 Å². The lowest BCUT2D eigenvalue weighted by atomic mass is 9.74. The number of benzene rings is 2. The molecule has 0 aromatic heterocycles. The molecule has 2 aromatic rings. The lowest BCUT2D eigenvalue weighted by Gasteiger charge is -2.40. The second-order valence-electron chi connectivity index (χ2n) is 11.5. The summed E-state index contributed by atoms with van der Waals surface area (Å²) >= 11 is 0. The molecule has 8 nitrogen and oxygen atoms in total. The van der Waals surface area contributed by atoms with Crippen molar-refractivity contribution in [1.29, 1.82) is 0 Å². The minimum Gasteiger partial charge on any atom is -0.394 e. The van der Waals surface area contributed by atoms with Gasteiger partial charge < -0.3 is 24.5 Å². The Balaban J connectivity index is 1.53. The number of aliphatic hydroxyl groups is 1. The number of carbonyl (C=O) groups excluding carboxylic acids is 3. The fraction of sp³-hybridized carbons (Fsp3) is 0.406. The first-order valence-electron chi connectivity index (χ1n) is 13.9. The highest BCUT2D eigenvalue weighted by Gasteiger charge is 2.75. The van der Waals surface area contributed by atoms with Crippen LogP contribution in [0.2, 0.25) is 0 Å². The third-order valence-electron chi connectivity index (χ3n) is 8.91. The van der Waals surface area contributed by atoms with Gasteiger partial charge in [-0.25, -0.2) is 0 Å². The van der Waals surface area contributed by atoms with Gasteiger partial charge in [0.1, 0.15) is 11.6 Å². The van der Waals surface area contributed by atoms with Crippen molar-refractivity contribution in [3.05, 3.63) is 90.5 Å². The molecule has 1 N–H and O–H groups in total. The van der Waals surface area contributed by atoms with E-state index in [-0.39, 0.29) is 30.4 Å². The molecule has 6 rings (SSSR count). The zero-order valence-electron chi connectivity index (χ0n) is 23.0. The highest BCUT2D eigenvalue weighted by molar-refractivity contribution is 6.04. The van der Waals surface area contributed by atoms with E-state index in [1.165, 1.54) is 4.90 Å². The Bertz CT molecular complexity index is 1380. The van der Waals surface area contributed by atoms with E-state index in [1.54, 1.807) is 9.80 Å². The third kappa shape index (κ3) is 3.77. The SMILES string of the molecule is CC(C)N1CC=C[C@]23O[C@]4(C)C=CCN(c5ccccc5)C(=O)[C@@H]4[C@H]2C(=O)N([C@H](CO)c2ccccc2)C3C1=O. The van der Waals surface area contributed by atoms with Crippen LogP contribution in [-0.2, 0) is 19.1 Å². The number of nitrogens with zero attached hydrogens (tertiary/aromatic N) is 3. The van der Waals surface area contributed by atoms with Gasteiger partial charge in [0.2, 0.25) is 17.7 Å². The molecule has 2 fully saturated rings. The number of fused-ring (bicyclic) bond motifs is 2. The van der Waals surface area contributed by atoms with E-state index in [1.807, 2.05) is 106 Å². The van der Waals surface area contributed by atoms with Crippen LogP contribution < -0.4 is 4.90 Å². The summed E-state index contributed by atoms with van der Waals surface area (Å²) in [5.41, 5.74) is -1.03. The van der Waals surface area contributed by atoms with Crippen molar-refractivity contribution in [3.63, 3.8) is 0 Å². The predicted octanol–water partition coefficient (Wildman–Crippen LogP) is 3.10. The van der Waals surface area contributed by atoms with E-state index >= 15 is 0 Å². The molecule has 4 aliphatic rings. The fourth-order valence-corrected chi connectivity index (χ4v) is 7.15. The molecule has 2 aromatic carbocycles. The van der Waals surface area contributed by atoms with Crippen LogP contribution >= 0.6 is 0 Å². The Hall–Kier alpha value is -3.75. The first kappa shape index (κ1) is 26.5. The molecule has 0 saturated carbocycles. The average molecular weight is 542 g/mol. The van der Waals surface area contributed by atoms with Crippen LogP contribution in [0.5, 0.6) is 0 Å². The molecule has 3 amide bonds. The molecule has 2 saturated heterocycles. The molecule has 208 valence electrons. The van der Waals surface area contributed by atoms with E-state index in [0.29, 0.717) is 18.7 Å². The quantitative estimate of drug-likeness (QED) is 0.588. The highest BCUT2D eigenvalue weighted by atomic mass is 16.5. The number of aliphatic hydroxyl groups excluding tert-OH is 1. The maximum absolute atomic E-state index is 14.7. The first-order chi connectivity index (χ1) is 19.2. The van der Waals surface area contributed by atoms with E-state index < -0.39 is 35.1 Å². The van der Waals surface area contributed by atoms with Crippen LogP contribution in [0.15, 0.2) is 85.0 Å². The van der Waals surface area contributed by atoms with Crippen molar-refractivity contribution in [1.82, 2.24) is 9.80 Å². The Morgan fingerprint density at radius 1 is 0.875 bits per heavy atom. The number of carbonyl (C=O) groups is 3. The Kier molecular flexibility index (Phi) is 6.43. The lowest BCUT2D eigenvalue weighted by Crippen LogP contribution is -2.57. The van der Waals surface area contributed by atoms with Crippen LogP contribution in [0.25, 0.3) is 0 Å². The van der Waals surface area contributed by atoms with Crippen molar-refractivity contribution in [3.8, 4) is 0 Å². The normalized spacial score (nSPS) is 32.2. The smallest absolute Gasteiger partial charge is 0.249 e. The molecule has 40 heavy (non-hydrogen) atoms. The van der Waals surface area contributed by atoms with E-state index in [4.69, 9.17) is 4.74 Å². The van der Waals surface area contributed by atoms with E-state index in [2.05, 4.69) is 0 Å². The van der Waals surface area contributed by atoms with Crippen LogP contribution in [0.4, 0.5) is 5.69 Å². The Labute approximate surface area is 234 Å². The van der Waals surface area contributed by atoms with E-state index in [9.17, 15) is 19.5 Å². The maximum atomic E-state index is 14.7. The standard InChI is InChI=1S/C32H35N3O5/c1-21(2)33-18-11-17-32-26(29(38)35(27(32)30(33)39)24(20-36)22-12-6-4-7-13-22)25-28(37)34(23-14-8-5-9-15-23)19-10-16-31(25,3)40-32/h4-17,21,24-27,36H,18-20H2,1-3H3/t24-,25+,26+,27?,31-,32+/m1/s1. The van der Waals surface area contributed by atoms with Crippen LogP contribution in [0.1, 0.15) is 32.4 Å². The maximum Gasteiger partial charge on any atom is 0.249 e. The number of ether oxygens (including phenoxy) is 1. The molecule has 0 bridgehead atoms. The second kappa shape index (κ2) is 9.71. The summed E-state index contributed by atoms with van der Waals surface area (Å²) in [4.78, 5) is 48.4. The van der Waals surface area contributed by atoms with Crippen molar-refractivity contribution in [2.24, 2.45) is 11.8 Å². The van der Waals surface area contributed by atoms with E-state index in [0.717, 1.165) is 5.69 Å². The number of anilines is 1. The summed E-state index contributed by atoms with van der Waals surface area (Å²) in [6.07, 6.45) is 7.51. The fourth-order valence-electron chi connectivity index (χ4n) is 7.15. The third-order valence-corrected chi connectivity index (χ3v) is 8.91. The topological polar surface area (TPSA) is 90.4 Å². The van der Waals surface area contributed by atoms with Gasteiger partial charge in [-0.15, -0.1) is 0 Å². The van der Waals surface area contributed by atoms with Crippen molar-refractivity contribution in [2.75, 3.05) is 24.6 Å². The number of para-hydroxylation sites is 1. The second-order valence-corrected chi connectivity index (χ2v) is 11.5. The average Bonchev–Trinajstić information content (AvgIpc) is 3.21. The van der Waals surface area contributed by atoms with Gasteiger partial charge in [-0.1, -0.05) is 72.8 Å². The molecule has 1 spiro atoms. The first-order valence-corrected chi connectivity index (χ1v) is 13.9. The molecule has 0 radical (unpaired) electrons. The minimum atomic E-state index is -1.38. The zero-order valence-corrected chi connectivity index (χ0v) is 23.0. The van der Waals surface area contributed by atoms with Crippen molar-refractivity contribution < 1.29 is 24.2 Å². The van der Waals surface area contributed by atoms with Crippen LogP contribution in [0.3, 0.4) is 0 Å². The largest absolute Gasteiger partial charge is 0.394 e. The van der Waals surface area contributed by atoms with Gasteiger partial charge in [0.05, 0.1) is 30.1 Å². The minimum absolute atomic E-state index is 0.120. The molecular weight excluding hydrogens is 506 g/mol. The molecule has 8 heteroatoms. The van der Waals surface area contributed by atoms with Gasteiger partial charge in [-0.05, 0) is 38.5 Å². The van der Waals surface area contributed by atoms with Crippen LogP contribution in [-0.4, -0.2) is 75.6 Å². The molecule has 4 heterocycles. The Morgan fingerprint density at radius 2 is 1.52 bits per heavy atom. The van der Waals surface area contributed by atoms with Gasteiger partial charge >= 0.3 is 0 Å². The number of hydrogen-bond donors (Lipinski definition) is 1. The highest BCUT2D eigenvalue weighted by Crippen LogP contribution is 2.59. The predicted molar refractivity (Wildman–Crippen MR) is 150 cm³/mol. The molecule has 4 aliphatic heterocycles. The zero-order chi connectivity index (χ0) is 28.2. The Morgan fingerprint density at radius 3 is 2.17 bits per heavy atom. The van der Waals surface area contributed by atoms with Gasteiger partial charge in [0, 0.05) is 24.8 Å². The number of amides is 3. The number of hydrogen-bond acceptors (Lipinski definition) is 5. The summed E-state index contributed by atoms with van der Waals surface area (Å²) in [6, 6.07) is 16.7. The number of rotatable bonds is 5. The summed E-state index contributed by atoms with van der Waals surface area (Å²) in [6.45, 7) is 6.05. The van der Waals surface area contributed by atoms with Gasteiger partial charge in [0.25, 0.3) is 0 Å². The van der Waals surface area contributed by atoms with Crippen molar-refractivity contribution in [2.45, 2.75) is 50.1 Å².